The predicted octanol–water partition coefficient (Wildman–Crippen LogP) is 5.46. The van der Waals surface area contributed by atoms with Gasteiger partial charge in [-0.25, -0.2) is 9.78 Å². The van der Waals surface area contributed by atoms with Crippen LogP contribution in [0, 0.1) is 0 Å². The third-order valence-electron chi connectivity index (χ3n) is 5.74. The zero-order chi connectivity index (χ0) is 27.3. The Bertz CT molecular complexity index is 1260. The van der Waals surface area contributed by atoms with E-state index in [4.69, 9.17) is 0 Å². The van der Waals surface area contributed by atoms with Gasteiger partial charge in [-0.15, -0.1) is 11.3 Å². The minimum Gasteiger partial charge on any atom is -0.465 e. The van der Waals surface area contributed by atoms with Crippen LogP contribution in [0.2, 0.25) is 0 Å². The molecule has 37 heavy (non-hydrogen) atoms. The van der Waals surface area contributed by atoms with Gasteiger partial charge in [-0.1, -0.05) is 24.3 Å². The number of thiazole rings is 1. The van der Waals surface area contributed by atoms with E-state index in [2.05, 4.69) is 10.3 Å². The highest BCUT2D eigenvalue weighted by molar-refractivity contribution is 7.15. The maximum Gasteiger partial charge on any atom is 0.412 e. The Labute approximate surface area is 221 Å². The number of carboxylic acid groups (broad SMARTS) is 1. The van der Waals surface area contributed by atoms with Gasteiger partial charge in [-0.2, -0.15) is 0 Å². The largest absolute Gasteiger partial charge is 0.465 e. The number of hydrogen-bond donors (Lipinski definition) is 2. The highest BCUT2D eigenvalue weighted by Crippen LogP contribution is 2.28. The van der Waals surface area contributed by atoms with Gasteiger partial charge < -0.3 is 15.3 Å². The van der Waals surface area contributed by atoms with Crippen LogP contribution in [0.4, 0.5) is 15.6 Å². The minimum absolute atomic E-state index is 0.0435. The lowest BCUT2D eigenvalue weighted by Crippen LogP contribution is -2.45. The van der Waals surface area contributed by atoms with E-state index in [0.29, 0.717) is 29.2 Å². The van der Waals surface area contributed by atoms with Crippen LogP contribution in [-0.2, 0) is 24.1 Å². The molecule has 3 amide bonds. The first-order valence-electron chi connectivity index (χ1n) is 12.0. The first-order chi connectivity index (χ1) is 17.3. The summed E-state index contributed by atoms with van der Waals surface area (Å²) in [4.78, 5) is 44.2. The standard InChI is InChI=1S/C28H34N4O4S/c1-18(33)29-26-30-23(24(37-26)17-20-7-12-21(13-8-20)25(34)31(5)6)16-11-19-9-14-22(15-10-19)32(27(35)36)28(2,3)4/h7-10,12-15H,11,16-17H2,1-6H3,(H,35,36)(H,29,30,33). The van der Waals surface area contributed by atoms with Gasteiger partial charge in [-0.05, 0) is 69.0 Å². The molecule has 0 saturated heterocycles. The Morgan fingerprint density at radius 1 is 0.946 bits per heavy atom. The molecule has 196 valence electrons. The van der Waals surface area contributed by atoms with Crippen LogP contribution in [0.3, 0.4) is 0 Å². The Hall–Kier alpha value is -3.72. The fraction of sp³-hybridized carbons (Fsp3) is 0.357. The van der Waals surface area contributed by atoms with Crippen molar-refractivity contribution in [2.45, 2.75) is 52.5 Å². The summed E-state index contributed by atoms with van der Waals surface area (Å²) in [6.07, 6.45) is 1.04. The van der Waals surface area contributed by atoms with Crippen LogP contribution in [0.1, 0.15) is 59.8 Å². The van der Waals surface area contributed by atoms with Crippen LogP contribution in [0.25, 0.3) is 0 Å². The highest BCUT2D eigenvalue weighted by Gasteiger charge is 2.27. The van der Waals surface area contributed by atoms with Crippen molar-refractivity contribution in [3.63, 3.8) is 0 Å². The smallest absolute Gasteiger partial charge is 0.412 e. The molecule has 0 spiro atoms. The highest BCUT2D eigenvalue weighted by atomic mass is 32.1. The summed E-state index contributed by atoms with van der Waals surface area (Å²) in [7, 11) is 3.45. The lowest BCUT2D eigenvalue weighted by Gasteiger charge is -2.33. The lowest BCUT2D eigenvalue weighted by atomic mass is 10.0. The summed E-state index contributed by atoms with van der Waals surface area (Å²) in [6, 6.07) is 15.1. The molecule has 8 nitrogen and oxygen atoms in total. The molecule has 1 aromatic heterocycles. The molecule has 2 N–H and O–H groups in total. The van der Waals surface area contributed by atoms with E-state index in [1.807, 2.05) is 69.3 Å². The summed E-state index contributed by atoms with van der Waals surface area (Å²) >= 11 is 1.46. The lowest BCUT2D eigenvalue weighted by molar-refractivity contribution is -0.114. The van der Waals surface area contributed by atoms with E-state index >= 15 is 0 Å². The number of rotatable bonds is 8. The molecule has 0 unspecified atom stereocenters. The number of aromatic nitrogens is 1. The number of hydrogen-bond acceptors (Lipinski definition) is 5. The van der Waals surface area contributed by atoms with Gasteiger partial charge in [0.1, 0.15) is 0 Å². The topological polar surface area (TPSA) is 103 Å². The Kier molecular flexibility index (Phi) is 8.70. The summed E-state index contributed by atoms with van der Waals surface area (Å²) in [5.74, 6) is -0.214. The maximum atomic E-state index is 12.2. The molecule has 0 saturated carbocycles. The quantitative estimate of drug-likeness (QED) is 0.409. The van der Waals surface area contributed by atoms with E-state index in [0.717, 1.165) is 28.1 Å². The number of amides is 3. The van der Waals surface area contributed by atoms with Crippen LogP contribution in [-0.4, -0.2) is 52.5 Å². The number of nitrogens with one attached hydrogen (secondary N) is 1. The Morgan fingerprint density at radius 2 is 1.54 bits per heavy atom. The Balaban J connectivity index is 1.77. The molecular formula is C28H34N4O4S. The second kappa shape index (κ2) is 11.6. The van der Waals surface area contributed by atoms with Crippen molar-refractivity contribution in [1.82, 2.24) is 9.88 Å². The summed E-state index contributed by atoms with van der Waals surface area (Å²) in [6.45, 7) is 7.04. The van der Waals surface area contributed by atoms with Crippen molar-refractivity contribution in [2.24, 2.45) is 0 Å². The fourth-order valence-electron chi connectivity index (χ4n) is 3.99. The van der Waals surface area contributed by atoms with E-state index < -0.39 is 11.6 Å². The monoisotopic (exact) mass is 522 g/mol. The number of carbonyl (C=O) groups is 3. The van der Waals surface area contributed by atoms with Crippen molar-refractivity contribution in [1.29, 1.82) is 0 Å². The summed E-state index contributed by atoms with van der Waals surface area (Å²) in [5.41, 5.74) is 3.73. The van der Waals surface area contributed by atoms with Crippen LogP contribution in [0.5, 0.6) is 0 Å². The van der Waals surface area contributed by atoms with E-state index in [9.17, 15) is 19.5 Å². The van der Waals surface area contributed by atoms with Crippen molar-refractivity contribution in [2.75, 3.05) is 24.3 Å². The van der Waals surface area contributed by atoms with E-state index in [1.54, 1.807) is 19.0 Å². The summed E-state index contributed by atoms with van der Waals surface area (Å²) < 4.78 is 0. The molecule has 0 aliphatic heterocycles. The Morgan fingerprint density at radius 3 is 2.05 bits per heavy atom. The van der Waals surface area contributed by atoms with Gasteiger partial charge in [0.15, 0.2) is 5.13 Å². The SMILES string of the molecule is CC(=O)Nc1nc(CCc2ccc(N(C(=O)O)C(C)(C)C)cc2)c(Cc2ccc(C(=O)N(C)C)cc2)s1. The van der Waals surface area contributed by atoms with Crippen LogP contribution >= 0.6 is 11.3 Å². The van der Waals surface area contributed by atoms with Gasteiger partial charge in [0.25, 0.3) is 5.91 Å². The zero-order valence-corrected chi connectivity index (χ0v) is 23.0. The van der Waals surface area contributed by atoms with Gasteiger partial charge >= 0.3 is 6.09 Å². The number of benzene rings is 2. The number of aryl methyl sites for hydroxylation is 2. The zero-order valence-electron chi connectivity index (χ0n) is 22.2. The molecule has 0 aliphatic rings. The molecule has 3 aromatic rings. The van der Waals surface area contributed by atoms with Crippen LogP contribution < -0.4 is 10.2 Å². The number of nitrogens with zero attached hydrogens (tertiary/aromatic N) is 3. The molecule has 3 rings (SSSR count). The third kappa shape index (κ3) is 7.39. The molecule has 0 aliphatic carbocycles. The molecule has 0 atom stereocenters. The van der Waals surface area contributed by atoms with E-state index in [-0.39, 0.29) is 11.8 Å². The molecule has 9 heteroatoms. The first kappa shape index (κ1) is 27.9. The molecule has 0 fully saturated rings. The summed E-state index contributed by atoms with van der Waals surface area (Å²) in [5, 5.41) is 13.0. The maximum absolute atomic E-state index is 12.2. The van der Waals surface area contributed by atoms with Crippen molar-refractivity contribution >= 4 is 40.1 Å². The first-order valence-corrected chi connectivity index (χ1v) is 12.9. The fourth-order valence-corrected chi connectivity index (χ4v) is 5.08. The second-order valence-electron chi connectivity index (χ2n) is 10.1. The average Bonchev–Trinajstić information content (AvgIpc) is 3.17. The van der Waals surface area contributed by atoms with E-state index in [1.165, 1.54) is 23.2 Å². The number of carbonyl (C=O) groups excluding carboxylic acids is 2. The molecule has 1 heterocycles. The van der Waals surface area contributed by atoms with Crippen molar-refractivity contribution in [3.8, 4) is 0 Å². The molecule has 0 radical (unpaired) electrons. The third-order valence-corrected chi connectivity index (χ3v) is 6.75. The van der Waals surface area contributed by atoms with Crippen LogP contribution in [0.15, 0.2) is 48.5 Å². The van der Waals surface area contributed by atoms with Crippen molar-refractivity contribution in [3.05, 3.63) is 75.8 Å². The van der Waals surface area contributed by atoms with Gasteiger partial charge in [0.2, 0.25) is 5.91 Å². The normalized spacial score (nSPS) is 11.2. The predicted molar refractivity (Wildman–Crippen MR) is 148 cm³/mol. The average molecular weight is 523 g/mol. The number of anilines is 2. The van der Waals surface area contributed by atoms with Crippen molar-refractivity contribution < 1.29 is 19.5 Å². The van der Waals surface area contributed by atoms with Gasteiger partial charge in [0, 0.05) is 49.1 Å². The van der Waals surface area contributed by atoms with Gasteiger partial charge in [0.05, 0.1) is 5.69 Å². The molecule has 0 bridgehead atoms. The molecular weight excluding hydrogens is 488 g/mol. The minimum atomic E-state index is -0.989. The van der Waals surface area contributed by atoms with Gasteiger partial charge in [-0.3, -0.25) is 14.5 Å². The molecule has 2 aromatic carbocycles. The second-order valence-corrected chi connectivity index (χ2v) is 11.2.